The molecule has 1 unspecified atom stereocenters. The van der Waals surface area contributed by atoms with Crippen LogP contribution in [0.25, 0.3) is 0 Å². The Kier molecular flexibility index (Phi) is 3.80. The van der Waals surface area contributed by atoms with Gasteiger partial charge in [0.05, 0.1) is 5.25 Å². The SMILES string of the molecule is CC(CN)S(=O)(=O)OCO. The van der Waals surface area contributed by atoms with Crippen molar-refractivity contribution in [1.29, 1.82) is 0 Å². The highest BCUT2D eigenvalue weighted by Gasteiger charge is 2.18. The van der Waals surface area contributed by atoms with E-state index in [9.17, 15) is 8.42 Å². The van der Waals surface area contributed by atoms with Gasteiger partial charge in [-0.15, -0.1) is 0 Å². The molecule has 0 aliphatic carbocycles. The molecular formula is C4H11NO4S. The van der Waals surface area contributed by atoms with Gasteiger partial charge in [-0.1, -0.05) is 0 Å². The van der Waals surface area contributed by atoms with Crippen LogP contribution in [0.1, 0.15) is 6.92 Å². The molecule has 0 amide bonds. The number of rotatable bonds is 4. The average Bonchev–Trinajstić information content (AvgIpc) is 1.86. The molecule has 62 valence electrons. The van der Waals surface area contributed by atoms with Crippen LogP contribution in [-0.2, 0) is 14.3 Å². The van der Waals surface area contributed by atoms with Crippen LogP contribution in [0.4, 0.5) is 0 Å². The zero-order valence-corrected chi connectivity index (χ0v) is 6.47. The Morgan fingerprint density at radius 1 is 1.70 bits per heavy atom. The quantitative estimate of drug-likeness (QED) is 0.400. The minimum absolute atomic E-state index is 0.0116. The fourth-order valence-corrected chi connectivity index (χ4v) is 0.922. The maximum Gasteiger partial charge on any atom is 0.273 e. The number of hydrogen-bond donors (Lipinski definition) is 2. The lowest BCUT2D eigenvalue weighted by Gasteiger charge is -2.07. The Bertz CT molecular complexity index is 176. The normalized spacial score (nSPS) is 15.1. The topological polar surface area (TPSA) is 89.6 Å². The van der Waals surface area contributed by atoms with E-state index in [2.05, 4.69) is 4.18 Å². The summed E-state index contributed by atoms with van der Waals surface area (Å²) in [4.78, 5) is 0. The van der Waals surface area contributed by atoms with Gasteiger partial charge in [-0.25, -0.2) is 4.18 Å². The molecule has 0 aromatic heterocycles. The Balaban J connectivity index is 4.12. The van der Waals surface area contributed by atoms with Crippen molar-refractivity contribution in [2.45, 2.75) is 12.2 Å². The van der Waals surface area contributed by atoms with Gasteiger partial charge in [0.2, 0.25) is 0 Å². The maximum atomic E-state index is 10.7. The van der Waals surface area contributed by atoms with Crippen LogP contribution >= 0.6 is 0 Å². The molecule has 1 atom stereocenters. The first-order valence-electron chi connectivity index (χ1n) is 2.73. The molecule has 0 aliphatic heterocycles. The number of nitrogens with two attached hydrogens (primary N) is 1. The van der Waals surface area contributed by atoms with Crippen molar-refractivity contribution < 1.29 is 17.7 Å². The van der Waals surface area contributed by atoms with E-state index in [-0.39, 0.29) is 6.54 Å². The minimum atomic E-state index is -3.64. The molecule has 0 aromatic rings. The summed E-state index contributed by atoms with van der Waals surface area (Å²) in [6, 6.07) is 0. The Morgan fingerprint density at radius 3 is 2.50 bits per heavy atom. The standard InChI is InChI=1S/C4H11NO4S/c1-4(2-5)10(7,8)9-3-6/h4,6H,2-3,5H2,1H3. The first-order chi connectivity index (χ1) is 4.54. The Hall–Kier alpha value is -0.170. The lowest BCUT2D eigenvalue weighted by atomic mass is 10.5. The van der Waals surface area contributed by atoms with Crippen LogP contribution < -0.4 is 5.73 Å². The smallest absolute Gasteiger partial charge is 0.273 e. The van der Waals surface area contributed by atoms with E-state index in [0.717, 1.165) is 0 Å². The Morgan fingerprint density at radius 2 is 2.20 bits per heavy atom. The highest BCUT2D eigenvalue weighted by molar-refractivity contribution is 7.87. The van der Waals surface area contributed by atoms with E-state index in [4.69, 9.17) is 10.8 Å². The van der Waals surface area contributed by atoms with Crippen molar-refractivity contribution in [2.24, 2.45) is 5.73 Å². The van der Waals surface area contributed by atoms with Crippen LogP contribution in [0, 0.1) is 0 Å². The summed E-state index contributed by atoms with van der Waals surface area (Å²) < 4.78 is 25.4. The molecule has 5 nitrogen and oxygen atoms in total. The lowest BCUT2D eigenvalue weighted by molar-refractivity contribution is 0.103. The second kappa shape index (κ2) is 3.87. The first kappa shape index (κ1) is 9.83. The van der Waals surface area contributed by atoms with Crippen molar-refractivity contribution in [1.82, 2.24) is 0 Å². The molecule has 0 spiro atoms. The van der Waals surface area contributed by atoms with Crippen molar-refractivity contribution in [3.8, 4) is 0 Å². The molecule has 6 heteroatoms. The van der Waals surface area contributed by atoms with Crippen molar-refractivity contribution in [2.75, 3.05) is 13.3 Å². The molecule has 0 saturated heterocycles. The van der Waals surface area contributed by atoms with E-state index in [1.807, 2.05) is 0 Å². The largest absolute Gasteiger partial charge is 0.369 e. The molecule has 0 heterocycles. The van der Waals surface area contributed by atoms with E-state index >= 15 is 0 Å². The van der Waals surface area contributed by atoms with Gasteiger partial charge in [-0.3, -0.25) is 0 Å². The summed E-state index contributed by atoms with van der Waals surface area (Å²) in [7, 11) is -3.64. The highest BCUT2D eigenvalue weighted by atomic mass is 32.2. The molecule has 0 fully saturated rings. The van der Waals surface area contributed by atoms with Crippen LogP contribution in [0.15, 0.2) is 0 Å². The van der Waals surface area contributed by atoms with Crippen molar-refractivity contribution in [3.63, 3.8) is 0 Å². The zero-order valence-electron chi connectivity index (χ0n) is 5.65. The van der Waals surface area contributed by atoms with Crippen molar-refractivity contribution >= 4 is 10.1 Å². The molecule has 10 heavy (non-hydrogen) atoms. The number of hydrogen-bond acceptors (Lipinski definition) is 5. The van der Waals surface area contributed by atoms with Crippen LogP contribution in [0.3, 0.4) is 0 Å². The van der Waals surface area contributed by atoms with Gasteiger partial charge in [0.1, 0.15) is 0 Å². The minimum Gasteiger partial charge on any atom is -0.369 e. The van der Waals surface area contributed by atoms with Crippen LogP contribution in [-0.4, -0.2) is 32.1 Å². The van der Waals surface area contributed by atoms with Gasteiger partial charge in [0.15, 0.2) is 6.79 Å². The zero-order chi connectivity index (χ0) is 8.20. The van der Waals surface area contributed by atoms with Crippen LogP contribution in [0.2, 0.25) is 0 Å². The van der Waals surface area contributed by atoms with Gasteiger partial charge >= 0.3 is 0 Å². The molecule has 0 saturated carbocycles. The number of aliphatic hydroxyl groups is 1. The molecule has 0 aromatic carbocycles. The predicted octanol–water partition coefficient (Wildman–Crippen LogP) is -1.37. The molecule has 0 radical (unpaired) electrons. The highest BCUT2D eigenvalue weighted by Crippen LogP contribution is 2.00. The molecular weight excluding hydrogens is 158 g/mol. The summed E-state index contributed by atoms with van der Waals surface area (Å²) in [5, 5.41) is 7.34. The van der Waals surface area contributed by atoms with Gasteiger partial charge in [0, 0.05) is 6.54 Å². The Labute approximate surface area is 59.9 Å². The second-order valence-corrected chi connectivity index (χ2v) is 3.81. The maximum absolute atomic E-state index is 10.7. The predicted molar refractivity (Wildman–Crippen MR) is 35.6 cm³/mol. The van der Waals surface area contributed by atoms with Crippen LogP contribution in [0.5, 0.6) is 0 Å². The molecule has 0 bridgehead atoms. The summed E-state index contributed by atoms with van der Waals surface area (Å²) in [5.74, 6) is 0. The average molecular weight is 169 g/mol. The molecule has 3 N–H and O–H groups in total. The van der Waals surface area contributed by atoms with Gasteiger partial charge in [0.25, 0.3) is 10.1 Å². The van der Waals surface area contributed by atoms with E-state index in [1.165, 1.54) is 6.92 Å². The third-order valence-corrected chi connectivity index (χ3v) is 2.65. The van der Waals surface area contributed by atoms with E-state index in [1.54, 1.807) is 0 Å². The first-order valence-corrected chi connectivity index (χ1v) is 4.21. The van der Waals surface area contributed by atoms with Crippen molar-refractivity contribution in [3.05, 3.63) is 0 Å². The summed E-state index contributed by atoms with van der Waals surface area (Å²) in [6.45, 7) is 0.569. The number of aliphatic hydroxyl groups excluding tert-OH is 1. The molecule has 0 aliphatic rings. The van der Waals surface area contributed by atoms with Gasteiger partial charge < -0.3 is 10.8 Å². The van der Waals surface area contributed by atoms with E-state index in [0.29, 0.717) is 0 Å². The fourth-order valence-electron chi connectivity index (χ4n) is 0.307. The second-order valence-electron chi connectivity index (χ2n) is 1.79. The fraction of sp³-hybridized carbons (Fsp3) is 1.00. The third-order valence-electron chi connectivity index (χ3n) is 1.04. The summed E-state index contributed by atoms with van der Waals surface area (Å²) >= 11 is 0. The summed E-state index contributed by atoms with van der Waals surface area (Å²) in [5.41, 5.74) is 5.05. The molecule has 0 rings (SSSR count). The summed E-state index contributed by atoms with van der Waals surface area (Å²) in [6.07, 6.45) is 0. The van der Waals surface area contributed by atoms with Gasteiger partial charge in [-0.2, -0.15) is 8.42 Å². The van der Waals surface area contributed by atoms with E-state index < -0.39 is 22.2 Å². The third kappa shape index (κ3) is 2.61. The van der Waals surface area contributed by atoms with Gasteiger partial charge in [-0.05, 0) is 6.92 Å². The lowest BCUT2D eigenvalue weighted by Crippen LogP contribution is -2.28. The monoisotopic (exact) mass is 169 g/mol.